The number of esters is 1. The summed E-state index contributed by atoms with van der Waals surface area (Å²) in [5.41, 5.74) is 4.41. The van der Waals surface area contributed by atoms with Crippen molar-refractivity contribution < 1.29 is 58.1 Å². The molecule has 2 atom stereocenters. The van der Waals surface area contributed by atoms with Crippen LogP contribution in [-0.4, -0.2) is 76.2 Å². The predicted octanol–water partition coefficient (Wildman–Crippen LogP) is 4.81. The number of nitrogens with one attached hydrogen (secondary N) is 1. The van der Waals surface area contributed by atoms with E-state index in [1.54, 1.807) is 20.8 Å². The van der Waals surface area contributed by atoms with E-state index in [-0.39, 0.29) is 43.5 Å². The summed E-state index contributed by atoms with van der Waals surface area (Å²) in [5.74, 6) is 2.34. The Kier molecular flexibility index (Phi) is 24.9. The maximum absolute atomic E-state index is 11.7. The van der Waals surface area contributed by atoms with Crippen molar-refractivity contribution in [3.8, 4) is 30.4 Å². The zero-order valence-electron chi connectivity index (χ0n) is 28.3. The van der Waals surface area contributed by atoms with Gasteiger partial charge in [0.2, 0.25) is 0 Å². The number of ether oxygens (including phenoxy) is 4. The maximum Gasteiger partial charge on any atom is 0.513 e. The normalized spacial score (nSPS) is 11.2. The second-order valence-corrected chi connectivity index (χ2v) is 10.9. The number of unbranched alkanes of at least 4 members (excludes halogenated alkanes) is 2. The number of aliphatic carboxylic acids is 2. The highest BCUT2D eigenvalue weighted by Gasteiger charge is 2.23. The fourth-order valence-corrected chi connectivity index (χ4v) is 3.10. The Morgan fingerprint density at radius 1 is 0.939 bits per heavy atom. The van der Waals surface area contributed by atoms with Gasteiger partial charge < -0.3 is 40.2 Å². The first kappa shape index (κ1) is 45.8. The average molecular weight is 694 g/mol. The van der Waals surface area contributed by atoms with Crippen molar-refractivity contribution in [2.45, 2.75) is 103 Å². The number of carbonyl (C=O) groups excluding carboxylic acids is 3. The molecule has 1 aromatic carbocycles. The number of nitrogens with zero attached hydrogens (tertiary/aromatic N) is 1. The van der Waals surface area contributed by atoms with Gasteiger partial charge in [-0.25, -0.2) is 14.4 Å². The monoisotopic (exact) mass is 693 g/mol. The van der Waals surface area contributed by atoms with E-state index in [9.17, 15) is 34.1 Å². The number of hydrogen-bond donors (Lipinski definition) is 4. The molecule has 5 N–H and O–H groups in total. The number of nitro groups is 1. The van der Waals surface area contributed by atoms with Crippen molar-refractivity contribution in [2.24, 2.45) is 5.73 Å². The minimum atomic E-state index is -1.20. The molecule has 16 nitrogen and oxygen atoms in total. The third-order valence-electron chi connectivity index (χ3n) is 5.51. The summed E-state index contributed by atoms with van der Waals surface area (Å²) < 4.78 is 19.6. The molecule has 1 aromatic rings. The van der Waals surface area contributed by atoms with E-state index in [1.165, 1.54) is 24.3 Å². The molecule has 0 fully saturated rings. The zero-order valence-corrected chi connectivity index (χ0v) is 28.3. The number of benzene rings is 1. The lowest BCUT2D eigenvalue weighted by atomic mass is 10.1. The van der Waals surface area contributed by atoms with Gasteiger partial charge in [0, 0.05) is 25.0 Å². The molecule has 16 heteroatoms. The van der Waals surface area contributed by atoms with Gasteiger partial charge in [-0.2, -0.15) is 0 Å². The van der Waals surface area contributed by atoms with Gasteiger partial charge in [0.15, 0.2) is 0 Å². The van der Waals surface area contributed by atoms with Crippen molar-refractivity contribution in [2.75, 3.05) is 13.2 Å². The van der Waals surface area contributed by atoms with E-state index < -0.39 is 46.8 Å². The molecule has 0 radical (unpaired) electrons. The molecule has 49 heavy (non-hydrogen) atoms. The predicted molar refractivity (Wildman–Crippen MR) is 177 cm³/mol. The fourth-order valence-electron chi connectivity index (χ4n) is 3.10. The third kappa shape index (κ3) is 27.5. The average Bonchev–Trinajstić information content (AvgIpc) is 3.02. The zero-order chi connectivity index (χ0) is 37.8. The van der Waals surface area contributed by atoms with Gasteiger partial charge in [-0.15, -0.1) is 24.7 Å². The number of hydrogen-bond acceptors (Lipinski definition) is 12. The van der Waals surface area contributed by atoms with E-state index in [2.05, 4.69) is 17.2 Å². The Bertz CT molecular complexity index is 1260. The number of carboxylic acid groups (broad SMARTS) is 2. The molecule has 0 saturated carbocycles. The Labute approximate surface area is 286 Å². The number of non-ortho nitro benzene ring substituents is 1. The number of amides is 1. The van der Waals surface area contributed by atoms with Crippen LogP contribution in [0.5, 0.6) is 5.75 Å². The van der Waals surface area contributed by atoms with Crippen LogP contribution in [-0.2, 0) is 28.6 Å². The topological polar surface area (TPSA) is 244 Å². The van der Waals surface area contributed by atoms with Gasteiger partial charge >= 0.3 is 30.2 Å². The van der Waals surface area contributed by atoms with Crippen molar-refractivity contribution in [3.05, 3.63) is 34.4 Å². The number of alkyl carbamates (subject to hydrolysis) is 1. The Morgan fingerprint density at radius 3 is 1.96 bits per heavy atom. The van der Waals surface area contributed by atoms with Crippen molar-refractivity contribution >= 4 is 35.8 Å². The second kappa shape index (κ2) is 26.7. The minimum Gasteiger partial charge on any atom is -0.480 e. The second-order valence-electron chi connectivity index (χ2n) is 10.9. The lowest BCUT2D eigenvalue weighted by Crippen LogP contribution is -2.43. The standard InChI is InChI=1S/C18H24N2O9.C11H17NO4.C4H6/c1-18(2,3)29-16(23)19-14(15(21)22)6-4-5-11-27-17(24)28-13-9-7-12(8-10-13)20(25)26;1-2-3-7-10(13)16-8-5-4-6-9(12)11(14)15;1-3-4-2/h7-10,14H,4-6,11H2,1-3H3,(H,19,23)(H,21,22);1,9H,3-8,12H2,(H,14,15);1H,4H2,2H3/t14-;9-;/m00./s1. The molecule has 0 unspecified atom stereocenters. The quantitative estimate of drug-likeness (QED) is 0.0325. The van der Waals surface area contributed by atoms with Gasteiger partial charge in [-0.1, -0.05) is 6.92 Å². The van der Waals surface area contributed by atoms with Crippen LogP contribution in [0, 0.1) is 34.8 Å². The van der Waals surface area contributed by atoms with Crippen LogP contribution in [0.25, 0.3) is 0 Å². The van der Waals surface area contributed by atoms with Crippen LogP contribution < -0.4 is 15.8 Å². The lowest BCUT2D eigenvalue weighted by molar-refractivity contribution is -0.384. The van der Waals surface area contributed by atoms with Crippen molar-refractivity contribution in [1.82, 2.24) is 5.32 Å². The number of rotatable bonds is 17. The van der Waals surface area contributed by atoms with Gasteiger partial charge in [0.1, 0.15) is 23.4 Å². The molecule has 0 heterocycles. The van der Waals surface area contributed by atoms with Gasteiger partial charge in [0.25, 0.3) is 5.69 Å². The van der Waals surface area contributed by atoms with E-state index >= 15 is 0 Å². The molecule has 0 bridgehead atoms. The Hall–Kier alpha value is -5.35. The molecular weight excluding hydrogens is 646 g/mol. The van der Waals surface area contributed by atoms with E-state index in [1.807, 2.05) is 6.92 Å². The summed E-state index contributed by atoms with van der Waals surface area (Å²) in [7, 11) is 0. The minimum absolute atomic E-state index is 0.0232. The Balaban J connectivity index is 0. The number of carboxylic acids is 2. The fraction of sp³-hybridized carbons (Fsp3) is 0.545. The number of nitro benzene ring substituents is 1. The summed E-state index contributed by atoms with van der Waals surface area (Å²) in [6.07, 6.45) is 11.8. The highest BCUT2D eigenvalue weighted by atomic mass is 16.7. The van der Waals surface area contributed by atoms with Crippen LogP contribution >= 0.6 is 0 Å². The van der Waals surface area contributed by atoms with Crippen LogP contribution in [0.3, 0.4) is 0 Å². The van der Waals surface area contributed by atoms with Crippen LogP contribution in [0.15, 0.2) is 24.3 Å². The highest BCUT2D eigenvalue weighted by molar-refractivity contribution is 5.80. The molecule has 0 aromatic heterocycles. The SMILES string of the molecule is C#CCC.C#CCCC(=O)OCCCC[C@H](N)C(=O)O.CC(C)(C)OC(=O)N[C@@H](CCCCOC(=O)Oc1ccc([N+](=O)[O-])cc1)C(=O)O. The van der Waals surface area contributed by atoms with Crippen molar-refractivity contribution in [1.29, 1.82) is 0 Å². The summed E-state index contributed by atoms with van der Waals surface area (Å²) >= 11 is 0. The van der Waals surface area contributed by atoms with E-state index in [4.69, 9.17) is 47.7 Å². The molecule has 0 aliphatic heterocycles. The Morgan fingerprint density at radius 2 is 1.49 bits per heavy atom. The summed E-state index contributed by atoms with van der Waals surface area (Å²) in [5, 5.41) is 30.5. The molecule has 0 aliphatic carbocycles. The lowest BCUT2D eigenvalue weighted by Gasteiger charge is -2.22. The first-order chi connectivity index (χ1) is 23.0. The molecule has 272 valence electrons. The number of terminal acetylenes is 2. The molecule has 0 spiro atoms. The summed E-state index contributed by atoms with van der Waals surface area (Å²) in [6, 6.07) is 2.94. The third-order valence-corrected chi connectivity index (χ3v) is 5.51. The molecule has 1 amide bonds. The first-order valence-corrected chi connectivity index (χ1v) is 15.3. The largest absolute Gasteiger partial charge is 0.513 e. The van der Waals surface area contributed by atoms with E-state index in [0.717, 1.165) is 6.42 Å². The number of carbonyl (C=O) groups is 5. The van der Waals surface area contributed by atoms with Crippen LogP contribution in [0.4, 0.5) is 15.3 Å². The smallest absolute Gasteiger partial charge is 0.480 e. The molecule has 0 aliphatic rings. The summed E-state index contributed by atoms with van der Waals surface area (Å²) in [4.78, 5) is 65.8. The maximum atomic E-state index is 11.7. The molecule has 0 saturated heterocycles. The summed E-state index contributed by atoms with van der Waals surface area (Å²) in [6.45, 7) is 7.20. The first-order valence-electron chi connectivity index (χ1n) is 15.3. The van der Waals surface area contributed by atoms with Gasteiger partial charge in [-0.05, 0) is 71.4 Å². The van der Waals surface area contributed by atoms with Gasteiger partial charge in [-0.3, -0.25) is 19.7 Å². The molecule has 1 rings (SSSR count). The number of nitrogens with two attached hydrogens (primary N) is 1. The van der Waals surface area contributed by atoms with Crippen LogP contribution in [0.1, 0.15) is 85.5 Å². The van der Waals surface area contributed by atoms with Crippen LogP contribution in [0.2, 0.25) is 0 Å². The highest BCUT2D eigenvalue weighted by Crippen LogP contribution is 2.18. The van der Waals surface area contributed by atoms with E-state index in [0.29, 0.717) is 38.5 Å². The van der Waals surface area contributed by atoms with Crippen molar-refractivity contribution in [3.63, 3.8) is 0 Å². The molecular formula is C33H47N3O13. The van der Waals surface area contributed by atoms with Gasteiger partial charge in [0.05, 0.1) is 24.6 Å².